The number of unbranched alkanes of at least 4 members (excludes halogenated alkanes) is 2. The van der Waals surface area contributed by atoms with Gasteiger partial charge in [-0.05, 0) is 19.2 Å². The van der Waals surface area contributed by atoms with Crippen molar-refractivity contribution in [1.82, 2.24) is 0 Å². The third kappa shape index (κ3) is 7.09. The van der Waals surface area contributed by atoms with Crippen LogP contribution >= 0.6 is 6.26 Å². The molecule has 14 heavy (non-hydrogen) atoms. The maximum absolute atomic E-state index is 5.67. The Morgan fingerprint density at radius 1 is 1.21 bits per heavy atom. The van der Waals surface area contributed by atoms with Crippen molar-refractivity contribution < 1.29 is 13.1 Å². The molecule has 1 radical (unpaired) electrons. The molecule has 0 aliphatic heterocycles. The van der Waals surface area contributed by atoms with Crippen LogP contribution in [0.5, 0.6) is 0 Å². The standard InChI is InChI=1S/C8H20O3PSSi/c1-5-6-7-8-12(4,13)11-14(9-2)10-3/h5-8H2,1-4H3. The van der Waals surface area contributed by atoms with Gasteiger partial charge < -0.3 is 13.1 Å². The topological polar surface area (TPSA) is 27.7 Å². The second kappa shape index (κ2) is 7.96. The average molecular weight is 255 g/mol. The van der Waals surface area contributed by atoms with Gasteiger partial charge in [0.2, 0.25) is 0 Å². The van der Waals surface area contributed by atoms with E-state index in [1.807, 2.05) is 6.66 Å². The van der Waals surface area contributed by atoms with Crippen LogP contribution < -0.4 is 0 Å². The van der Waals surface area contributed by atoms with Crippen LogP contribution in [0.3, 0.4) is 0 Å². The van der Waals surface area contributed by atoms with Crippen LogP contribution in [0.4, 0.5) is 0 Å². The lowest BCUT2D eigenvalue weighted by Crippen LogP contribution is -2.22. The summed E-state index contributed by atoms with van der Waals surface area (Å²) >= 11 is 5.42. The Morgan fingerprint density at radius 2 is 1.79 bits per heavy atom. The van der Waals surface area contributed by atoms with Crippen LogP contribution in [0.1, 0.15) is 26.2 Å². The third-order valence-corrected chi connectivity index (χ3v) is 6.92. The molecule has 0 N–H and O–H groups in total. The van der Waals surface area contributed by atoms with Crippen molar-refractivity contribution in [2.45, 2.75) is 26.2 Å². The van der Waals surface area contributed by atoms with E-state index in [2.05, 4.69) is 6.92 Å². The van der Waals surface area contributed by atoms with Crippen LogP contribution in [-0.4, -0.2) is 36.6 Å². The molecule has 0 aromatic carbocycles. The highest BCUT2D eigenvalue weighted by atomic mass is 32.4. The summed E-state index contributed by atoms with van der Waals surface area (Å²) in [5.41, 5.74) is 0. The average Bonchev–Trinajstić information content (AvgIpc) is 2.14. The molecule has 0 spiro atoms. The Bertz CT molecular complexity index is 187. The zero-order valence-electron chi connectivity index (χ0n) is 9.41. The van der Waals surface area contributed by atoms with E-state index in [4.69, 9.17) is 24.9 Å². The van der Waals surface area contributed by atoms with Crippen molar-refractivity contribution in [3.05, 3.63) is 0 Å². The van der Waals surface area contributed by atoms with Gasteiger partial charge in [0.1, 0.15) is 0 Å². The first-order chi connectivity index (χ1) is 6.55. The molecule has 0 heterocycles. The summed E-state index contributed by atoms with van der Waals surface area (Å²) in [5.74, 6) is 0. The van der Waals surface area contributed by atoms with Gasteiger partial charge in [0.25, 0.3) is 0 Å². The van der Waals surface area contributed by atoms with Gasteiger partial charge in [-0.15, -0.1) is 0 Å². The molecule has 3 nitrogen and oxygen atoms in total. The molecule has 0 aromatic heterocycles. The van der Waals surface area contributed by atoms with E-state index in [-0.39, 0.29) is 0 Å². The van der Waals surface area contributed by atoms with Crippen molar-refractivity contribution in [3.8, 4) is 0 Å². The molecule has 0 saturated heterocycles. The minimum Gasteiger partial charge on any atom is -0.374 e. The lowest BCUT2D eigenvalue weighted by atomic mass is 10.3. The van der Waals surface area contributed by atoms with Gasteiger partial charge in [0.05, 0.1) is 6.26 Å². The first-order valence-corrected chi connectivity index (χ1v) is 9.34. The summed E-state index contributed by atoms with van der Waals surface area (Å²) in [7, 11) is 1.62. The van der Waals surface area contributed by atoms with E-state index >= 15 is 0 Å². The molecule has 0 fully saturated rings. The van der Waals surface area contributed by atoms with E-state index in [1.165, 1.54) is 12.8 Å². The fourth-order valence-electron chi connectivity index (χ4n) is 1.01. The molecule has 6 heteroatoms. The fourth-order valence-corrected chi connectivity index (χ4v) is 5.13. The van der Waals surface area contributed by atoms with Crippen LogP contribution in [0.25, 0.3) is 0 Å². The largest absolute Gasteiger partial charge is 0.581 e. The SMILES string of the molecule is CCCCCP(C)(=S)O[Si](OC)OC. The molecule has 0 amide bonds. The maximum Gasteiger partial charge on any atom is 0.581 e. The number of rotatable bonds is 8. The van der Waals surface area contributed by atoms with Gasteiger partial charge in [-0.25, -0.2) is 0 Å². The third-order valence-electron chi connectivity index (χ3n) is 1.77. The highest BCUT2D eigenvalue weighted by Crippen LogP contribution is 2.44. The Hall–Kier alpha value is 0.747. The zero-order chi connectivity index (χ0) is 11.0. The van der Waals surface area contributed by atoms with Gasteiger partial charge >= 0.3 is 9.53 Å². The fraction of sp³-hybridized carbons (Fsp3) is 1.00. The molecule has 1 atom stereocenters. The van der Waals surface area contributed by atoms with Crippen molar-refractivity contribution in [3.63, 3.8) is 0 Å². The van der Waals surface area contributed by atoms with E-state index in [9.17, 15) is 0 Å². The molecule has 85 valence electrons. The molecule has 0 bridgehead atoms. The monoisotopic (exact) mass is 255 g/mol. The smallest absolute Gasteiger partial charge is 0.374 e. The molecule has 0 rings (SSSR count). The van der Waals surface area contributed by atoms with Gasteiger partial charge in [-0.2, -0.15) is 0 Å². The maximum atomic E-state index is 5.67. The Morgan fingerprint density at radius 3 is 2.21 bits per heavy atom. The van der Waals surface area contributed by atoms with Crippen LogP contribution in [0.15, 0.2) is 0 Å². The van der Waals surface area contributed by atoms with E-state index in [0.29, 0.717) is 0 Å². The van der Waals surface area contributed by atoms with Crippen LogP contribution in [-0.2, 0) is 24.9 Å². The second-order valence-corrected chi connectivity index (χ2v) is 10.0. The van der Waals surface area contributed by atoms with E-state index in [0.717, 1.165) is 12.6 Å². The molecule has 0 saturated carbocycles. The second-order valence-electron chi connectivity index (χ2n) is 3.19. The lowest BCUT2D eigenvalue weighted by Gasteiger charge is -2.20. The van der Waals surface area contributed by atoms with Crippen molar-refractivity contribution >= 4 is 27.6 Å². The lowest BCUT2D eigenvalue weighted by molar-refractivity contribution is 0.208. The summed E-state index contributed by atoms with van der Waals surface area (Å²) in [5, 5.41) is 0. The van der Waals surface area contributed by atoms with Crippen molar-refractivity contribution in [2.24, 2.45) is 0 Å². The van der Waals surface area contributed by atoms with Crippen molar-refractivity contribution in [1.29, 1.82) is 0 Å². The Labute approximate surface area is 94.2 Å². The molecule has 0 aliphatic carbocycles. The van der Waals surface area contributed by atoms with Gasteiger partial charge in [-0.3, -0.25) is 0 Å². The Kier molecular flexibility index (Phi) is 8.39. The summed E-state index contributed by atoms with van der Waals surface area (Å²) < 4.78 is 15.8. The molecule has 1 unspecified atom stereocenters. The summed E-state index contributed by atoms with van der Waals surface area (Å²) in [4.78, 5) is 0. The molecular weight excluding hydrogens is 235 g/mol. The highest BCUT2D eigenvalue weighted by Gasteiger charge is 2.23. The minimum absolute atomic E-state index is 0.983. The summed E-state index contributed by atoms with van der Waals surface area (Å²) in [6.07, 6.45) is 2.88. The summed E-state index contributed by atoms with van der Waals surface area (Å²) in [6.45, 7) is 4.19. The Balaban J connectivity index is 3.86. The first kappa shape index (κ1) is 14.7. The zero-order valence-corrected chi connectivity index (χ0v) is 12.1. The molecular formula is C8H20O3PSSi. The van der Waals surface area contributed by atoms with E-state index < -0.39 is 15.8 Å². The number of hydrogen-bond acceptors (Lipinski definition) is 4. The van der Waals surface area contributed by atoms with E-state index in [1.54, 1.807) is 14.2 Å². The molecule has 0 aliphatic rings. The molecule has 0 aromatic rings. The quantitative estimate of drug-likeness (QED) is 0.378. The first-order valence-electron chi connectivity index (χ1n) is 4.76. The van der Waals surface area contributed by atoms with Crippen molar-refractivity contribution in [2.75, 3.05) is 27.0 Å². The van der Waals surface area contributed by atoms with Gasteiger partial charge in [0, 0.05) is 14.2 Å². The summed E-state index contributed by atoms with van der Waals surface area (Å²) in [6, 6.07) is 0. The van der Waals surface area contributed by atoms with Crippen LogP contribution in [0, 0.1) is 0 Å². The normalized spacial score (nSPS) is 15.8. The number of hydrogen-bond donors (Lipinski definition) is 0. The highest BCUT2D eigenvalue weighted by molar-refractivity contribution is 8.12. The van der Waals surface area contributed by atoms with Gasteiger partial charge in [-0.1, -0.05) is 31.6 Å². The van der Waals surface area contributed by atoms with Gasteiger partial charge in [0.15, 0.2) is 0 Å². The van der Waals surface area contributed by atoms with Crippen LogP contribution in [0.2, 0.25) is 0 Å². The predicted octanol–water partition coefficient (Wildman–Crippen LogP) is 2.50. The predicted molar refractivity (Wildman–Crippen MR) is 65.5 cm³/mol. The minimum atomic E-state index is -1.68.